The van der Waals surface area contributed by atoms with Gasteiger partial charge in [-0.1, -0.05) is 17.7 Å². The van der Waals surface area contributed by atoms with Crippen molar-refractivity contribution in [3.63, 3.8) is 0 Å². The third kappa shape index (κ3) is 7.32. The molecule has 0 saturated carbocycles. The molecule has 118 valence electrons. The molecule has 6 heteroatoms. The fraction of sp³-hybridized carbons (Fsp3) is 0.533. The van der Waals surface area contributed by atoms with Crippen LogP contribution in [-0.4, -0.2) is 75.1 Å². The van der Waals surface area contributed by atoms with Crippen LogP contribution in [0.5, 0.6) is 0 Å². The summed E-state index contributed by atoms with van der Waals surface area (Å²) in [5.41, 5.74) is 0.715. The summed E-state index contributed by atoms with van der Waals surface area (Å²) in [7, 11) is 8.00. The summed E-state index contributed by atoms with van der Waals surface area (Å²) in [6, 6.07) is 7.09. The highest BCUT2D eigenvalue weighted by atomic mass is 35.5. The zero-order valence-corrected chi connectivity index (χ0v) is 14.0. The molecule has 1 rings (SSSR count). The van der Waals surface area contributed by atoms with Gasteiger partial charge in [-0.05, 0) is 46.4 Å². The van der Waals surface area contributed by atoms with Gasteiger partial charge in [-0.3, -0.25) is 0 Å². The predicted molar refractivity (Wildman–Crippen MR) is 89.2 cm³/mol. The molecule has 0 heterocycles. The number of carbonyl (C=O) groups is 1. The highest BCUT2D eigenvalue weighted by Gasteiger charge is 2.14. The van der Waals surface area contributed by atoms with Gasteiger partial charge in [0.25, 0.3) is 0 Å². The Labute approximate surface area is 132 Å². The Bertz CT molecular complexity index is 439. The van der Waals surface area contributed by atoms with Crippen LogP contribution in [0, 0.1) is 0 Å². The van der Waals surface area contributed by atoms with Crippen LogP contribution in [0.4, 0.5) is 10.5 Å². The van der Waals surface area contributed by atoms with E-state index in [1.54, 1.807) is 12.1 Å². The first-order valence-corrected chi connectivity index (χ1v) is 7.37. The van der Waals surface area contributed by atoms with E-state index in [1.807, 2.05) is 45.2 Å². The van der Waals surface area contributed by atoms with Crippen molar-refractivity contribution < 1.29 is 4.79 Å². The first-order valence-electron chi connectivity index (χ1n) is 6.99. The van der Waals surface area contributed by atoms with Crippen LogP contribution in [0.15, 0.2) is 24.3 Å². The number of rotatable bonds is 7. The van der Waals surface area contributed by atoms with Crippen molar-refractivity contribution in [1.82, 2.24) is 14.7 Å². The number of nitrogens with one attached hydrogen (secondary N) is 1. The van der Waals surface area contributed by atoms with Crippen LogP contribution >= 0.6 is 11.6 Å². The molecular formula is C15H25ClN4O. The number of benzene rings is 1. The molecule has 0 aliphatic heterocycles. The van der Waals surface area contributed by atoms with Crippen LogP contribution in [0.3, 0.4) is 0 Å². The van der Waals surface area contributed by atoms with Crippen molar-refractivity contribution in [3.8, 4) is 0 Å². The number of urea groups is 1. The maximum Gasteiger partial charge on any atom is 0.321 e. The first kappa shape index (κ1) is 17.8. The number of likely N-dealkylation sites (N-methyl/N-ethyl adjacent to an activating group) is 2. The summed E-state index contributed by atoms with van der Waals surface area (Å²) < 4.78 is 0. The second kappa shape index (κ2) is 8.87. The third-order valence-corrected chi connectivity index (χ3v) is 3.23. The maximum atomic E-state index is 12.4. The molecule has 0 fully saturated rings. The Morgan fingerprint density at radius 1 is 1.05 bits per heavy atom. The predicted octanol–water partition coefficient (Wildman–Crippen LogP) is 2.30. The van der Waals surface area contributed by atoms with Crippen molar-refractivity contribution >= 4 is 23.3 Å². The summed E-state index contributed by atoms with van der Waals surface area (Å²) in [5.74, 6) is 0. The lowest BCUT2D eigenvalue weighted by Gasteiger charge is -2.26. The zero-order valence-electron chi connectivity index (χ0n) is 13.3. The molecule has 1 aromatic rings. The van der Waals surface area contributed by atoms with Gasteiger partial charge < -0.3 is 20.0 Å². The summed E-state index contributed by atoms with van der Waals surface area (Å²) in [4.78, 5) is 18.3. The van der Waals surface area contributed by atoms with Gasteiger partial charge in [-0.25, -0.2) is 4.79 Å². The number of halogens is 1. The average Bonchev–Trinajstić information content (AvgIpc) is 2.37. The van der Waals surface area contributed by atoms with Gasteiger partial charge in [0.05, 0.1) is 0 Å². The minimum absolute atomic E-state index is 0.0963. The molecule has 0 aromatic heterocycles. The number of nitrogens with zero attached hydrogens (tertiary/aromatic N) is 3. The fourth-order valence-corrected chi connectivity index (χ4v) is 1.92. The van der Waals surface area contributed by atoms with E-state index in [4.69, 9.17) is 11.6 Å². The zero-order chi connectivity index (χ0) is 15.8. The Morgan fingerprint density at radius 3 is 2.10 bits per heavy atom. The summed E-state index contributed by atoms with van der Waals surface area (Å²) in [6.45, 7) is 3.03. The highest BCUT2D eigenvalue weighted by Crippen LogP contribution is 2.15. The fourth-order valence-electron chi connectivity index (χ4n) is 1.73. The van der Waals surface area contributed by atoms with Gasteiger partial charge in [0.1, 0.15) is 0 Å². The largest absolute Gasteiger partial charge is 0.322 e. The van der Waals surface area contributed by atoms with Crippen molar-refractivity contribution in [3.05, 3.63) is 29.3 Å². The molecule has 1 N–H and O–H groups in total. The normalized spacial score (nSPS) is 11.0. The second-order valence-electron chi connectivity index (χ2n) is 5.53. The SMILES string of the molecule is CN(C)CCN(CCN(C)C)C(=O)Nc1cccc(Cl)c1. The number of amides is 2. The smallest absolute Gasteiger partial charge is 0.321 e. The molecule has 0 atom stereocenters. The van der Waals surface area contributed by atoms with E-state index in [0.29, 0.717) is 23.8 Å². The lowest BCUT2D eigenvalue weighted by molar-refractivity contribution is 0.198. The van der Waals surface area contributed by atoms with Gasteiger partial charge in [-0.15, -0.1) is 0 Å². The van der Waals surface area contributed by atoms with Gasteiger partial charge >= 0.3 is 6.03 Å². The van der Waals surface area contributed by atoms with Crippen LogP contribution in [0.1, 0.15) is 0 Å². The molecule has 5 nitrogen and oxygen atoms in total. The lowest BCUT2D eigenvalue weighted by Crippen LogP contribution is -2.42. The monoisotopic (exact) mass is 312 g/mol. The number of anilines is 1. The molecular weight excluding hydrogens is 288 g/mol. The summed E-state index contributed by atoms with van der Waals surface area (Å²) in [5, 5.41) is 3.51. The molecule has 21 heavy (non-hydrogen) atoms. The Balaban J connectivity index is 2.64. The molecule has 2 amide bonds. The van der Waals surface area contributed by atoms with E-state index in [0.717, 1.165) is 13.1 Å². The van der Waals surface area contributed by atoms with E-state index in [1.165, 1.54) is 0 Å². The quantitative estimate of drug-likeness (QED) is 0.839. The minimum Gasteiger partial charge on any atom is -0.322 e. The third-order valence-electron chi connectivity index (χ3n) is 3.00. The molecule has 0 bridgehead atoms. The highest BCUT2D eigenvalue weighted by molar-refractivity contribution is 6.30. The molecule has 0 unspecified atom stereocenters. The van der Waals surface area contributed by atoms with Crippen molar-refractivity contribution in [2.24, 2.45) is 0 Å². The van der Waals surface area contributed by atoms with Gasteiger partial charge in [0.2, 0.25) is 0 Å². The molecule has 0 saturated heterocycles. The van der Waals surface area contributed by atoms with Crippen molar-refractivity contribution in [2.45, 2.75) is 0 Å². The van der Waals surface area contributed by atoms with Crippen LogP contribution in [0.2, 0.25) is 5.02 Å². The topological polar surface area (TPSA) is 38.8 Å². The standard InChI is InChI=1S/C15H25ClN4O/c1-18(2)8-10-20(11-9-19(3)4)15(21)17-14-7-5-6-13(16)12-14/h5-7,12H,8-11H2,1-4H3,(H,17,21). The Kier molecular flexibility index (Phi) is 7.50. The van der Waals surface area contributed by atoms with Crippen molar-refractivity contribution in [1.29, 1.82) is 0 Å². The number of hydrogen-bond donors (Lipinski definition) is 1. The first-order chi connectivity index (χ1) is 9.88. The molecule has 0 radical (unpaired) electrons. The van der Waals surface area contributed by atoms with E-state index >= 15 is 0 Å². The second-order valence-corrected chi connectivity index (χ2v) is 5.97. The van der Waals surface area contributed by atoms with Gasteiger partial charge in [-0.2, -0.15) is 0 Å². The van der Waals surface area contributed by atoms with Gasteiger partial charge in [0, 0.05) is 36.9 Å². The maximum absolute atomic E-state index is 12.4. The van der Waals surface area contributed by atoms with Crippen molar-refractivity contribution in [2.75, 3.05) is 59.7 Å². The Hall–Kier alpha value is -1.30. The average molecular weight is 313 g/mol. The minimum atomic E-state index is -0.0963. The summed E-state index contributed by atoms with van der Waals surface area (Å²) >= 11 is 5.94. The Morgan fingerprint density at radius 2 is 1.62 bits per heavy atom. The van der Waals surface area contributed by atoms with E-state index in [9.17, 15) is 4.79 Å². The van der Waals surface area contributed by atoms with Crippen LogP contribution in [0.25, 0.3) is 0 Å². The van der Waals surface area contributed by atoms with Crippen LogP contribution < -0.4 is 5.32 Å². The van der Waals surface area contributed by atoms with E-state index in [2.05, 4.69) is 15.1 Å². The summed E-state index contributed by atoms with van der Waals surface area (Å²) in [6.07, 6.45) is 0. The molecule has 0 aliphatic carbocycles. The lowest BCUT2D eigenvalue weighted by atomic mass is 10.3. The number of hydrogen-bond acceptors (Lipinski definition) is 3. The molecule has 0 aliphatic rings. The molecule has 1 aromatic carbocycles. The van der Waals surface area contributed by atoms with Gasteiger partial charge in [0.15, 0.2) is 0 Å². The molecule has 0 spiro atoms. The van der Waals surface area contributed by atoms with E-state index in [-0.39, 0.29) is 6.03 Å². The number of carbonyl (C=O) groups excluding carboxylic acids is 1. The van der Waals surface area contributed by atoms with Crippen LogP contribution in [-0.2, 0) is 0 Å². The van der Waals surface area contributed by atoms with E-state index < -0.39 is 0 Å².